The van der Waals surface area contributed by atoms with Crippen molar-refractivity contribution in [2.24, 2.45) is 11.5 Å². The van der Waals surface area contributed by atoms with Gasteiger partial charge in [-0.15, -0.1) is 0 Å². The number of primary amides is 1. The molecule has 2 amide bonds. The molecule has 0 aromatic heterocycles. The molecule has 0 heterocycles. The number of rotatable bonds is 8. The van der Waals surface area contributed by atoms with Crippen LogP contribution in [0.4, 0.5) is 0 Å². The minimum Gasteiger partial charge on any atom is -0.480 e. The van der Waals surface area contributed by atoms with Crippen molar-refractivity contribution in [3.05, 3.63) is 0 Å². The van der Waals surface area contributed by atoms with Crippen LogP contribution in [0.2, 0.25) is 0 Å². The molecule has 0 aromatic carbocycles. The summed E-state index contributed by atoms with van der Waals surface area (Å²) in [6.45, 7) is 1.96. The number of nitrogens with one attached hydrogen (secondary N) is 1. The van der Waals surface area contributed by atoms with E-state index in [1.54, 1.807) is 0 Å². The fourth-order valence-corrected chi connectivity index (χ4v) is 1.24. The number of unbranched alkanes of at least 4 members (excludes halogenated alkanes) is 1. The minimum atomic E-state index is -1.31. The highest BCUT2D eigenvalue weighted by Gasteiger charge is 2.24. The molecule has 6 N–H and O–H groups in total. The molecule has 98 valence electrons. The van der Waals surface area contributed by atoms with Crippen molar-refractivity contribution in [1.82, 2.24) is 5.32 Å². The molecule has 7 heteroatoms. The molecule has 0 aromatic rings. The maximum Gasteiger partial charge on any atom is 0.326 e. The van der Waals surface area contributed by atoms with E-state index in [4.69, 9.17) is 16.6 Å². The number of carbonyl (C=O) groups excluding carboxylic acids is 2. The van der Waals surface area contributed by atoms with E-state index in [0.717, 1.165) is 12.8 Å². The third kappa shape index (κ3) is 6.52. The van der Waals surface area contributed by atoms with E-state index < -0.39 is 36.3 Å². The van der Waals surface area contributed by atoms with Gasteiger partial charge in [0.2, 0.25) is 11.8 Å². The van der Waals surface area contributed by atoms with Crippen LogP contribution < -0.4 is 16.8 Å². The summed E-state index contributed by atoms with van der Waals surface area (Å²) >= 11 is 0. The van der Waals surface area contributed by atoms with Gasteiger partial charge in [0.25, 0.3) is 0 Å². The van der Waals surface area contributed by atoms with Gasteiger partial charge in [0.15, 0.2) is 0 Å². The molecule has 0 fully saturated rings. The maximum atomic E-state index is 11.5. The lowest BCUT2D eigenvalue weighted by molar-refractivity contribution is -0.143. The van der Waals surface area contributed by atoms with Crippen LogP contribution in [0.25, 0.3) is 0 Å². The Morgan fingerprint density at radius 1 is 1.35 bits per heavy atom. The van der Waals surface area contributed by atoms with Gasteiger partial charge in [0.05, 0.1) is 12.5 Å². The normalized spacial score (nSPS) is 13.8. The topological polar surface area (TPSA) is 136 Å². The average molecular weight is 245 g/mol. The summed E-state index contributed by atoms with van der Waals surface area (Å²) < 4.78 is 0. The van der Waals surface area contributed by atoms with Crippen molar-refractivity contribution in [3.63, 3.8) is 0 Å². The Morgan fingerprint density at radius 3 is 2.35 bits per heavy atom. The van der Waals surface area contributed by atoms with E-state index in [9.17, 15) is 14.4 Å². The van der Waals surface area contributed by atoms with Crippen LogP contribution in [0.1, 0.15) is 32.6 Å². The predicted molar refractivity (Wildman–Crippen MR) is 60.9 cm³/mol. The quantitative estimate of drug-likeness (QED) is 0.432. The van der Waals surface area contributed by atoms with Crippen LogP contribution in [0, 0.1) is 0 Å². The summed E-state index contributed by atoms with van der Waals surface area (Å²) in [5, 5.41) is 11.0. The van der Waals surface area contributed by atoms with Gasteiger partial charge >= 0.3 is 5.97 Å². The second-order valence-corrected chi connectivity index (χ2v) is 3.82. The molecule has 0 saturated carbocycles. The van der Waals surface area contributed by atoms with Crippen LogP contribution in [0.3, 0.4) is 0 Å². The predicted octanol–water partition coefficient (Wildman–Crippen LogP) is -1.05. The first-order chi connectivity index (χ1) is 7.88. The van der Waals surface area contributed by atoms with Gasteiger partial charge < -0.3 is 21.9 Å². The van der Waals surface area contributed by atoms with Crippen LogP contribution >= 0.6 is 0 Å². The van der Waals surface area contributed by atoms with Crippen molar-refractivity contribution < 1.29 is 19.5 Å². The van der Waals surface area contributed by atoms with E-state index in [0.29, 0.717) is 6.42 Å². The molecule has 7 nitrogen and oxygen atoms in total. The van der Waals surface area contributed by atoms with E-state index in [2.05, 4.69) is 5.32 Å². The molecule has 0 rings (SSSR count). The number of amides is 2. The Bertz CT molecular complexity index is 293. The molecule has 17 heavy (non-hydrogen) atoms. The van der Waals surface area contributed by atoms with E-state index in [1.165, 1.54) is 0 Å². The molecular weight excluding hydrogens is 226 g/mol. The number of hydrogen-bond acceptors (Lipinski definition) is 4. The molecule has 0 aliphatic rings. The van der Waals surface area contributed by atoms with Crippen molar-refractivity contribution >= 4 is 17.8 Å². The zero-order valence-corrected chi connectivity index (χ0v) is 9.81. The van der Waals surface area contributed by atoms with Crippen molar-refractivity contribution in [2.75, 3.05) is 0 Å². The lowest BCUT2D eigenvalue weighted by Crippen LogP contribution is -2.49. The van der Waals surface area contributed by atoms with Gasteiger partial charge in [-0.2, -0.15) is 0 Å². The standard InChI is InChI=1S/C10H19N3O4/c1-2-3-4-6(11)9(15)13-7(10(16)17)5-8(12)14/h6-7H,2-5,11H2,1H3,(H2,12,14)(H,13,15)(H,16,17). The summed E-state index contributed by atoms with van der Waals surface area (Å²) in [4.78, 5) is 32.9. The zero-order valence-electron chi connectivity index (χ0n) is 9.81. The highest BCUT2D eigenvalue weighted by Crippen LogP contribution is 2.00. The second-order valence-electron chi connectivity index (χ2n) is 3.82. The van der Waals surface area contributed by atoms with Gasteiger partial charge in [0.1, 0.15) is 6.04 Å². The second kappa shape index (κ2) is 7.61. The Morgan fingerprint density at radius 2 is 1.94 bits per heavy atom. The number of carboxylic acids is 1. The molecule has 0 radical (unpaired) electrons. The Hall–Kier alpha value is -1.63. The highest BCUT2D eigenvalue weighted by atomic mass is 16.4. The van der Waals surface area contributed by atoms with Crippen molar-refractivity contribution in [3.8, 4) is 0 Å². The number of hydrogen-bond donors (Lipinski definition) is 4. The fourth-order valence-electron chi connectivity index (χ4n) is 1.24. The van der Waals surface area contributed by atoms with Gasteiger partial charge in [-0.1, -0.05) is 19.8 Å². The highest BCUT2D eigenvalue weighted by molar-refractivity contribution is 5.89. The van der Waals surface area contributed by atoms with Crippen LogP contribution in [-0.4, -0.2) is 35.0 Å². The van der Waals surface area contributed by atoms with Gasteiger partial charge in [-0.25, -0.2) is 4.79 Å². The summed E-state index contributed by atoms with van der Waals surface area (Å²) in [5.74, 6) is -2.67. The van der Waals surface area contributed by atoms with E-state index >= 15 is 0 Å². The molecule has 2 atom stereocenters. The van der Waals surface area contributed by atoms with Crippen LogP contribution in [0.15, 0.2) is 0 Å². The van der Waals surface area contributed by atoms with Crippen molar-refractivity contribution in [1.29, 1.82) is 0 Å². The van der Waals surface area contributed by atoms with Crippen LogP contribution in [0.5, 0.6) is 0 Å². The SMILES string of the molecule is CCCCC(N)C(=O)NC(CC(N)=O)C(=O)O. The molecule has 2 unspecified atom stereocenters. The molecule has 0 aliphatic heterocycles. The molecule has 0 bridgehead atoms. The maximum absolute atomic E-state index is 11.5. The van der Waals surface area contributed by atoms with Gasteiger partial charge in [0, 0.05) is 0 Å². The smallest absolute Gasteiger partial charge is 0.326 e. The lowest BCUT2D eigenvalue weighted by Gasteiger charge is -2.16. The number of carbonyl (C=O) groups is 3. The summed E-state index contributed by atoms with van der Waals surface area (Å²) in [6, 6.07) is -2.07. The van der Waals surface area contributed by atoms with Gasteiger partial charge in [-0.05, 0) is 6.42 Å². The first-order valence-electron chi connectivity index (χ1n) is 5.45. The van der Waals surface area contributed by atoms with Crippen LogP contribution in [-0.2, 0) is 14.4 Å². The molecular formula is C10H19N3O4. The number of nitrogens with two attached hydrogens (primary N) is 2. The molecule has 0 saturated heterocycles. The van der Waals surface area contributed by atoms with E-state index in [1.807, 2.05) is 6.92 Å². The number of carboxylic acid groups (broad SMARTS) is 1. The molecule has 0 spiro atoms. The van der Waals surface area contributed by atoms with Crippen molar-refractivity contribution in [2.45, 2.75) is 44.7 Å². The first-order valence-corrected chi connectivity index (χ1v) is 5.45. The van der Waals surface area contributed by atoms with Gasteiger partial charge in [-0.3, -0.25) is 9.59 Å². The first kappa shape index (κ1) is 15.4. The lowest BCUT2D eigenvalue weighted by atomic mass is 10.1. The fraction of sp³-hybridized carbons (Fsp3) is 0.700. The summed E-state index contributed by atoms with van der Waals surface area (Å²) in [5.41, 5.74) is 10.4. The summed E-state index contributed by atoms with van der Waals surface area (Å²) in [7, 11) is 0. The largest absolute Gasteiger partial charge is 0.480 e. The minimum absolute atomic E-state index is 0.443. The summed E-state index contributed by atoms with van der Waals surface area (Å²) in [6.07, 6.45) is 1.71. The Labute approximate surface area is 99.5 Å². The number of aliphatic carboxylic acids is 1. The zero-order chi connectivity index (χ0) is 13.4. The molecule has 0 aliphatic carbocycles. The average Bonchev–Trinajstić information content (AvgIpc) is 2.23. The Kier molecular flexibility index (Phi) is 6.88. The third-order valence-corrected chi connectivity index (χ3v) is 2.23. The Balaban J connectivity index is 4.29. The van der Waals surface area contributed by atoms with E-state index in [-0.39, 0.29) is 0 Å². The monoisotopic (exact) mass is 245 g/mol. The third-order valence-electron chi connectivity index (χ3n) is 2.23.